The van der Waals surface area contributed by atoms with Crippen molar-refractivity contribution in [3.05, 3.63) is 64.1 Å². The van der Waals surface area contributed by atoms with Crippen molar-refractivity contribution in [2.24, 2.45) is 0 Å². The Labute approximate surface area is 205 Å². The first-order chi connectivity index (χ1) is 15.5. The Morgan fingerprint density at radius 1 is 1.06 bits per heavy atom. The molecule has 0 saturated heterocycles. The van der Waals surface area contributed by atoms with E-state index in [1.54, 1.807) is 13.0 Å². The Hall–Kier alpha value is -2.29. The summed E-state index contributed by atoms with van der Waals surface area (Å²) in [4.78, 5) is 26.8. The van der Waals surface area contributed by atoms with Crippen LogP contribution in [0.5, 0.6) is 0 Å². The minimum Gasteiger partial charge on any atom is -0.357 e. The van der Waals surface area contributed by atoms with Crippen LogP contribution in [0.1, 0.15) is 25.3 Å². The number of nitrogens with zero attached hydrogens (tertiary/aromatic N) is 2. The van der Waals surface area contributed by atoms with Crippen molar-refractivity contribution in [3.8, 4) is 0 Å². The second kappa shape index (κ2) is 12.3. The van der Waals surface area contributed by atoms with Crippen molar-refractivity contribution in [1.82, 2.24) is 10.2 Å². The summed E-state index contributed by atoms with van der Waals surface area (Å²) in [6.07, 6.45) is 1.99. The molecule has 0 aromatic heterocycles. The van der Waals surface area contributed by atoms with E-state index in [-0.39, 0.29) is 41.9 Å². The van der Waals surface area contributed by atoms with Gasteiger partial charge < -0.3 is 10.2 Å². The van der Waals surface area contributed by atoms with E-state index in [4.69, 9.17) is 23.2 Å². The average molecular weight is 514 g/mol. The van der Waals surface area contributed by atoms with E-state index in [0.29, 0.717) is 18.0 Å². The number of anilines is 1. The van der Waals surface area contributed by atoms with Gasteiger partial charge in [0, 0.05) is 31.6 Å². The summed E-state index contributed by atoms with van der Waals surface area (Å²) in [6, 6.07) is 13.6. The Balaban J connectivity index is 2.11. The third-order valence-electron chi connectivity index (χ3n) is 5.23. The van der Waals surface area contributed by atoms with Gasteiger partial charge in [-0.2, -0.15) is 0 Å². The molecule has 0 fully saturated rings. The quantitative estimate of drug-likeness (QED) is 0.495. The molecule has 33 heavy (non-hydrogen) atoms. The number of hydrogen-bond acceptors (Lipinski definition) is 4. The van der Waals surface area contributed by atoms with Crippen LogP contribution in [0, 0.1) is 0 Å². The Morgan fingerprint density at radius 2 is 1.73 bits per heavy atom. The highest BCUT2D eigenvalue weighted by atomic mass is 35.5. The van der Waals surface area contributed by atoms with Gasteiger partial charge in [-0.15, -0.1) is 0 Å². The van der Waals surface area contributed by atoms with E-state index in [1.807, 2.05) is 30.3 Å². The third-order valence-corrected chi connectivity index (χ3v) is 6.96. The van der Waals surface area contributed by atoms with Crippen molar-refractivity contribution in [2.45, 2.75) is 32.2 Å². The third kappa shape index (κ3) is 7.91. The molecule has 2 aromatic carbocycles. The minimum absolute atomic E-state index is 0.0471. The molecular formula is C23H29Cl2N3O4S. The highest BCUT2D eigenvalue weighted by Gasteiger charge is 2.26. The molecule has 2 amide bonds. The van der Waals surface area contributed by atoms with E-state index >= 15 is 0 Å². The summed E-state index contributed by atoms with van der Waals surface area (Å²) in [5, 5.41) is 3.17. The largest absolute Gasteiger partial charge is 0.357 e. The van der Waals surface area contributed by atoms with Gasteiger partial charge >= 0.3 is 0 Å². The zero-order valence-electron chi connectivity index (χ0n) is 18.9. The normalized spacial score (nSPS) is 12.2. The van der Waals surface area contributed by atoms with Gasteiger partial charge in [0.15, 0.2) is 0 Å². The number of rotatable bonds is 11. The molecule has 0 heterocycles. The van der Waals surface area contributed by atoms with E-state index in [9.17, 15) is 18.0 Å². The van der Waals surface area contributed by atoms with Crippen molar-refractivity contribution in [1.29, 1.82) is 0 Å². The van der Waals surface area contributed by atoms with Gasteiger partial charge in [0.1, 0.15) is 6.04 Å². The van der Waals surface area contributed by atoms with Crippen LogP contribution >= 0.6 is 23.2 Å². The van der Waals surface area contributed by atoms with Crippen molar-refractivity contribution in [3.63, 3.8) is 0 Å². The molecule has 7 nitrogen and oxygen atoms in total. The maximum absolute atomic E-state index is 13.0. The van der Waals surface area contributed by atoms with Crippen molar-refractivity contribution >= 4 is 50.7 Å². The Morgan fingerprint density at radius 3 is 2.33 bits per heavy atom. The Bertz CT molecular complexity index is 1060. The molecule has 10 heteroatoms. The fourth-order valence-corrected chi connectivity index (χ4v) is 4.84. The number of sulfonamides is 1. The van der Waals surface area contributed by atoms with E-state index < -0.39 is 16.1 Å². The number of hydrogen-bond donors (Lipinski definition) is 1. The zero-order chi connectivity index (χ0) is 24.6. The summed E-state index contributed by atoms with van der Waals surface area (Å²) in [7, 11) is -2.13. The molecule has 0 unspecified atom stereocenters. The number of carbonyl (C=O) groups excluding carboxylic acids is 2. The molecule has 2 rings (SSSR count). The summed E-state index contributed by atoms with van der Waals surface area (Å²) in [6.45, 7) is 2.09. The number of carbonyl (C=O) groups is 2. The van der Waals surface area contributed by atoms with Crippen molar-refractivity contribution < 1.29 is 18.0 Å². The summed E-state index contributed by atoms with van der Waals surface area (Å²) in [5.74, 6) is -0.493. The van der Waals surface area contributed by atoms with Crippen LogP contribution in [0.3, 0.4) is 0 Å². The smallest absolute Gasteiger partial charge is 0.242 e. The van der Waals surface area contributed by atoms with E-state index in [1.165, 1.54) is 24.1 Å². The lowest BCUT2D eigenvalue weighted by Crippen LogP contribution is -2.48. The fraction of sp³-hybridized carbons (Fsp3) is 0.391. The molecule has 0 aliphatic heterocycles. The summed E-state index contributed by atoms with van der Waals surface area (Å²) < 4.78 is 25.9. The number of halogens is 2. The molecule has 1 N–H and O–H groups in total. The van der Waals surface area contributed by atoms with Gasteiger partial charge in [-0.05, 0) is 43.5 Å². The first-order valence-corrected chi connectivity index (χ1v) is 13.1. The lowest BCUT2D eigenvalue weighted by molar-refractivity contribution is -0.139. The van der Waals surface area contributed by atoms with Gasteiger partial charge in [-0.3, -0.25) is 13.9 Å². The summed E-state index contributed by atoms with van der Waals surface area (Å²) >= 11 is 12.2. The predicted octanol–water partition coefficient (Wildman–Crippen LogP) is 3.75. The van der Waals surface area contributed by atoms with E-state index in [0.717, 1.165) is 16.1 Å². The van der Waals surface area contributed by atoms with Crippen LogP contribution in [0.2, 0.25) is 10.0 Å². The lowest BCUT2D eigenvalue weighted by Gasteiger charge is -2.29. The number of amides is 2. The Kier molecular flexibility index (Phi) is 10.0. The van der Waals surface area contributed by atoms with Gasteiger partial charge in [-0.1, -0.05) is 53.5 Å². The average Bonchev–Trinajstić information content (AvgIpc) is 2.77. The molecule has 0 saturated carbocycles. The molecule has 1 atom stereocenters. The second-order valence-corrected chi connectivity index (χ2v) is 10.4. The SMILES string of the molecule is CNC(=O)[C@H](C)N(CCc1ccccc1)C(=O)CCCN(c1cc(Cl)ccc1Cl)S(C)(=O)=O. The highest BCUT2D eigenvalue weighted by molar-refractivity contribution is 7.92. The van der Waals surface area contributed by atoms with Gasteiger partial charge in [0.2, 0.25) is 21.8 Å². The van der Waals surface area contributed by atoms with Crippen LogP contribution in [-0.4, -0.2) is 57.6 Å². The highest BCUT2D eigenvalue weighted by Crippen LogP contribution is 2.31. The zero-order valence-corrected chi connectivity index (χ0v) is 21.3. The van der Waals surface area contributed by atoms with Crippen LogP contribution in [0.4, 0.5) is 5.69 Å². The second-order valence-electron chi connectivity index (χ2n) is 7.65. The fourth-order valence-electron chi connectivity index (χ4n) is 3.44. The molecule has 0 radical (unpaired) electrons. The maximum atomic E-state index is 13.0. The van der Waals surface area contributed by atoms with Crippen LogP contribution in [-0.2, 0) is 26.0 Å². The molecule has 2 aromatic rings. The molecule has 0 aliphatic rings. The van der Waals surface area contributed by atoms with E-state index in [2.05, 4.69) is 5.32 Å². The minimum atomic E-state index is -3.65. The van der Waals surface area contributed by atoms with Gasteiger partial charge in [0.05, 0.1) is 17.0 Å². The first kappa shape index (κ1) is 27.0. The van der Waals surface area contributed by atoms with Crippen LogP contribution in [0.25, 0.3) is 0 Å². The van der Waals surface area contributed by atoms with Gasteiger partial charge in [0.25, 0.3) is 0 Å². The first-order valence-electron chi connectivity index (χ1n) is 10.5. The standard InChI is InChI=1S/C23H29Cl2N3O4S/c1-17(23(30)26-2)27(15-13-18-8-5-4-6-9-18)22(29)10-7-14-28(33(3,31)32)21-16-19(24)11-12-20(21)25/h4-6,8-9,11-12,16-17H,7,10,13-15H2,1-3H3,(H,26,30)/t17-/m0/s1. The van der Waals surface area contributed by atoms with Crippen LogP contribution < -0.4 is 9.62 Å². The number of likely N-dealkylation sites (N-methyl/N-ethyl adjacent to an activating group) is 1. The molecule has 0 bridgehead atoms. The molecule has 0 spiro atoms. The molecule has 0 aliphatic carbocycles. The number of benzene rings is 2. The van der Waals surface area contributed by atoms with Gasteiger partial charge in [-0.25, -0.2) is 8.42 Å². The predicted molar refractivity (Wildman–Crippen MR) is 133 cm³/mol. The van der Waals surface area contributed by atoms with Crippen LogP contribution in [0.15, 0.2) is 48.5 Å². The lowest BCUT2D eigenvalue weighted by atomic mass is 10.1. The monoisotopic (exact) mass is 513 g/mol. The van der Waals surface area contributed by atoms with Crippen molar-refractivity contribution in [2.75, 3.05) is 30.7 Å². The molecular weight excluding hydrogens is 485 g/mol. The maximum Gasteiger partial charge on any atom is 0.242 e. The summed E-state index contributed by atoms with van der Waals surface area (Å²) in [5.41, 5.74) is 1.32. The number of nitrogens with one attached hydrogen (secondary N) is 1. The topological polar surface area (TPSA) is 86.8 Å². The molecule has 180 valence electrons.